The molecular weight excluding hydrogens is 304 g/mol. The van der Waals surface area contributed by atoms with Crippen molar-refractivity contribution in [3.05, 3.63) is 28.8 Å². The van der Waals surface area contributed by atoms with E-state index in [-0.39, 0.29) is 12.4 Å². The summed E-state index contributed by atoms with van der Waals surface area (Å²) in [6.07, 6.45) is -2.43. The normalized spacial score (nSPS) is 22.0. The van der Waals surface area contributed by atoms with Gasteiger partial charge >= 0.3 is 6.18 Å². The van der Waals surface area contributed by atoms with E-state index in [0.717, 1.165) is 0 Å². The number of alkyl halides is 4. The van der Waals surface area contributed by atoms with E-state index in [1.807, 2.05) is 0 Å². The SMILES string of the molecule is CNC1=C(C(F)(F)F)C=NC(N)(c2cn(CCF)nc2C)N1. The number of nitrogens with zero attached hydrogens (tertiary/aromatic N) is 3. The Morgan fingerprint density at radius 2 is 2.14 bits per heavy atom. The fourth-order valence-electron chi connectivity index (χ4n) is 2.16. The highest BCUT2D eigenvalue weighted by Gasteiger charge is 2.42. The van der Waals surface area contributed by atoms with Crippen LogP contribution in [0.25, 0.3) is 0 Å². The summed E-state index contributed by atoms with van der Waals surface area (Å²) in [7, 11) is 1.34. The van der Waals surface area contributed by atoms with Crippen LogP contribution in [0.5, 0.6) is 0 Å². The second kappa shape index (κ2) is 5.59. The van der Waals surface area contributed by atoms with E-state index in [4.69, 9.17) is 5.73 Å². The molecule has 6 nitrogen and oxygen atoms in total. The Bertz CT molecular complexity index is 618. The minimum absolute atomic E-state index is 0.0309. The van der Waals surface area contributed by atoms with Crippen molar-refractivity contribution in [3.63, 3.8) is 0 Å². The van der Waals surface area contributed by atoms with E-state index in [0.29, 0.717) is 17.5 Å². The molecule has 10 heteroatoms. The standard InChI is InChI=1S/C12H16F4N6/c1-7-9(6-22(21-7)4-3-13)12(17)19-5-8(11(14,15)16)10(18-2)20-12/h5-6,18,20H,3-4,17H2,1-2H3. The monoisotopic (exact) mass is 320 g/mol. The van der Waals surface area contributed by atoms with Crippen molar-refractivity contribution in [2.45, 2.75) is 25.4 Å². The Hall–Kier alpha value is -2.10. The fourth-order valence-corrected chi connectivity index (χ4v) is 2.16. The zero-order valence-electron chi connectivity index (χ0n) is 12.0. The van der Waals surface area contributed by atoms with Crippen molar-refractivity contribution < 1.29 is 17.6 Å². The first kappa shape index (κ1) is 16.3. The molecule has 122 valence electrons. The van der Waals surface area contributed by atoms with Gasteiger partial charge in [0.1, 0.15) is 18.1 Å². The lowest BCUT2D eigenvalue weighted by atomic mass is 10.1. The average Bonchev–Trinajstić information content (AvgIpc) is 2.79. The molecule has 0 bridgehead atoms. The number of nitrogens with one attached hydrogen (secondary N) is 2. The highest BCUT2D eigenvalue weighted by molar-refractivity contribution is 5.82. The van der Waals surface area contributed by atoms with E-state index in [9.17, 15) is 17.6 Å². The molecule has 4 N–H and O–H groups in total. The summed E-state index contributed by atoms with van der Waals surface area (Å²) in [6.45, 7) is 1.04. The fraction of sp³-hybridized carbons (Fsp3) is 0.500. The summed E-state index contributed by atoms with van der Waals surface area (Å²) in [4.78, 5) is 3.79. The Morgan fingerprint density at radius 3 is 2.68 bits per heavy atom. The summed E-state index contributed by atoms with van der Waals surface area (Å²) < 4.78 is 52.4. The number of aryl methyl sites for hydroxylation is 2. The van der Waals surface area contributed by atoms with Gasteiger partial charge in [-0.15, -0.1) is 0 Å². The lowest BCUT2D eigenvalue weighted by molar-refractivity contribution is -0.0875. The quantitative estimate of drug-likeness (QED) is 0.720. The van der Waals surface area contributed by atoms with Gasteiger partial charge in [0.15, 0.2) is 0 Å². The summed E-state index contributed by atoms with van der Waals surface area (Å²) >= 11 is 0. The lowest BCUT2D eigenvalue weighted by Crippen LogP contribution is -2.54. The Balaban J connectivity index is 2.39. The maximum Gasteiger partial charge on any atom is 0.421 e. The largest absolute Gasteiger partial charge is 0.421 e. The molecule has 22 heavy (non-hydrogen) atoms. The minimum atomic E-state index is -4.57. The summed E-state index contributed by atoms with van der Waals surface area (Å²) in [5, 5.41) is 9.02. The second-order valence-corrected chi connectivity index (χ2v) is 4.77. The third kappa shape index (κ3) is 2.91. The third-order valence-electron chi connectivity index (χ3n) is 3.21. The Morgan fingerprint density at radius 1 is 1.45 bits per heavy atom. The van der Waals surface area contributed by atoms with Crippen molar-refractivity contribution in [2.75, 3.05) is 13.7 Å². The van der Waals surface area contributed by atoms with Crippen LogP contribution in [0.4, 0.5) is 17.6 Å². The number of rotatable bonds is 4. The molecule has 1 atom stereocenters. The van der Waals surface area contributed by atoms with E-state index in [2.05, 4.69) is 20.7 Å². The minimum Gasteiger partial charge on any atom is -0.374 e. The molecule has 0 fully saturated rings. The van der Waals surface area contributed by atoms with Gasteiger partial charge in [-0.1, -0.05) is 0 Å². The molecule has 0 amide bonds. The first-order chi connectivity index (χ1) is 10.2. The third-order valence-corrected chi connectivity index (χ3v) is 3.21. The molecule has 0 saturated heterocycles. The highest BCUT2D eigenvalue weighted by atomic mass is 19.4. The maximum atomic E-state index is 12.9. The number of hydrogen-bond donors (Lipinski definition) is 3. The molecule has 1 aliphatic heterocycles. The maximum absolute atomic E-state index is 12.9. The molecule has 2 rings (SSSR count). The van der Waals surface area contributed by atoms with Gasteiger partial charge < -0.3 is 10.6 Å². The van der Waals surface area contributed by atoms with Crippen molar-refractivity contribution in [1.82, 2.24) is 20.4 Å². The van der Waals surface area contributed by atoms with Gasteiger partial charge in [-0.2, -0.15) is 18.3 Å². The van der Waals surface area contributed by atoms with Crippen LogP contribution in [0, 0.1) is 6.92 Å². The number of aromatic nitrogens is 2. The van der Waals surface area contributed by atoms with E-state index >= 15 is 0 Å². The van der Waals surface area contributed by atoms with Crippen LogP contribution in [0.15, 0.2) is 22.6 Å². The van der Waals surface area contributed by atoms with Crippen LogP contribution in [-0.4, -0.2) is 35.9 Å². The zero-order chi connectivity index (χ0) is 16.5. The Labute approximate surface area is 124 Å². The van der Waals surface area contributed by atoms with Crippen LogP contribution < -0.4 is 16.4 Å². The van der Waals surface area contributed by atoms with Crippen LogP contribution in [0.3, 0.4) is 0 Å². The first-order valence-corrected chi connectivity index (χ1v) is 6.43. The summed E-state index contributed by atoms with van der Waals surface area (Å²) in [5.74, 6) is -1.89. The van der Waals surface area contributed by atoms with Crippen LogP contribution in [0.1, 0.15) is 11.3 Å². The second-order valence-electron chi connectivity index (χ2n) is 4.77. The summed E-state index contributed by atoms with van der Waals surface area (Å²) in [6, 6.07) is 0. The van der Waals surface area contributed by atoms with Crippen molar-refractivity contribution in [3.8, 4) is 0 Å². The molecule has 0 aliphatic carbocycles. The van der Waals surface area contributed by atoms with E-state index in [1.165, 1.54) is 17.9 Å². The molecule has 1 unspecified atom stereocenters. The van der Waals surface area contributed by atoms with Crippen LogP contribution in [-0.2, 0) is 12.3 Å². The van der Waals surface area contributed by atoms with Gasteiger partial charge in [0.05, 0.1) is 17.8 Å². The van der Waals surface area contributed by atoms with Gasteiger partial charge in [-0.25, -0.2) is 9.38 Å². The molecule has 0 saturated carbocycles. The predicted molar refractivity (Wildman–Crippen MR) is 72.6 cm³/mol. The first-order valence-electron chi connectivity index (χ1n) is 6.43. The molecular formula is C12H16F4N6. The molecule has 2 heterocycles. The van der Waals surface area contributed by atoms with Crippen LogP contribution >= 0.6 is 0 Å². The van der Waals surface area contributed by atoms with E-state index < -0.39 is 24.2 Å². The van der Waals surface area contributed by atoms with Crippen LogP contribution in [0.2, 0.25) is 0 Å². The predicted octanol–water partition coefficient (Wildman–Crippen LogP) is 0.897. The van der Waals surface area contributed by atoms with Gasteiger partial charge in [-0.3, -0.25) is 10.4 Å². The zero-order valence-corrected chi connectivity index (χ0v) is 12.0. The molecule has 1 aliphatic rings. The van der Waals surface area contributed by atoms with Crippen molar-refractivity contribution in [2.24, 2.45) is 10.7 Å². The Kier molecular flexibility index (Phi) is 4.14. The number of aliphatic imine (C=N–C) groups is 1. The molecule has 0 radical (unpaired) electrons. The van der Waals surface area contributed by atoms with E-state index in [1.54, 1.807) is 6.92 Å². The molecule has 0 aromatic carbocycles. The summed E-state index contributed by atoms with van der Waals surface area (Å²) in [5.41, 5.74) is 5.93. The van der Waals surface area contributed by atoms with Gasteiger partial charge in [-0.05, 0) is 6.92 Å². The van der Waals surface area contributed by atoms with Gasteiger partial charge in [0.2, 0.25) is 5.79 Å². The number of nitrogens with two attached hydrogens (primary N) is 1. The average molecular weight is 320 g/mol. The smallest absolute Gasteiger partial charge is 0.374 e. The van der Waals surface area contributed by atoms with Crippen molar-refractivity contribution in [1.29, 1.82) is 0 Å². The number of allylic oxidation sites excluding steroid dienone is 1. The number of hydrogen-bond acceptors (Lipinski definition) is 5. The van der Waals surface area contributed by atoms with Crippen molar-refractivity contribution >= 4 is 6.21 Å². The number of halogens is 4. The highest BCUT2D eigenvalue weighted by Crippen LogP contribution is 2.31. The van der Waals surface area contributed by atoms with Gasteiger partial charge in [0.25, 0.3) is 0 Å². The molecule has 1 aromatic heterocycles. The molecule has 0 spiro atoms. The topological polar surface area (TPSA) is 80.3 Å². The molecule has 1 aromatic rings. The lowest BCUT2D eigenvalue weighted by Gasteiger charge is -2.33. The van der Waals surface area contributed by atoms with Gasteiger partial charge in [0, 0.05) is 19.5 Å².